The maximum absolute atomic E-state index is 13.7. The molecule has 40 heavy (non-hydrogen) atoms. The van der Waals surface area contributed by atoms with Crippen LogP contribution in [-0.2, 0) is 12.5 Å². The second-order valence-electron chi connectivity index (χ2n) is 10.2. The summed E-state index contributed by atoms with van der Waals surface area (Å²) in [6.07, 6.45) is 4.95. The fraction of sp³-hybridized carbons (Fsp3) is 0.290. The number of nitrogens with zero attached hydrogens (tertiary/aromatic N) is 4. The zero-order valence-electron chi connectivity index (χ0n) is 22.4. The van der Waals surface area contributed by atoms with Gasteiger partial charge >= 0.3 is 0 Å². The van der Waals surface area contributed by atoms with Crippen LogP contribution < -0.4 is 0 Å². The summed E-state index contributed by atoms with van der Waals surface area (Å²) >= 11 is 1.49. The third-order valence-corrected chi connectivity index (χ3v) is 8.23. The van der Waals surface area contributed by atoms with Gasteiger partial charge < -0.3 is 9.80 Å². The predicted molar refractivity (Wildman–Crippen MR) is 151 cm³/mol. The highest BCUT2D eigenvalue weighted by molar-refractivity contribution is 7.09. The molecule has 2 amide bonds. The Morgan fingerprint density at radius 3 is 2.45 bits per heavy atom. The molecule has 1 fully saturated rings. The maximum Gasteiger partial charge on any atom is 0.273 e. The van der Waals surface area contributed by atoms with Gasteiger partial charge in [-0.3, -0.25) is 14.6 Å². The Balaban J connectivity index is 1.22. The Hall–Kier alpha value is -3.98. The van der Waals surface area contributed by atoms with Crippen LogP contribution in [0.15, 0.2) is 78.4 Å². The average molecular weight is 561 g/mol. The highest BCUT2D eigenvalue weighted by Gasteiger charge is 2.29. The van der Waals surface area contributed by atoms with Gasteiger partial charge in [0.1, 0.15) is 5.69 Å². The van der Waals surface area contributed by atoms with E-state index in [1.807, 2.05) is 40.6 Å². The smallest absolute Gasteiger partial charge is 0.273 e. The van der Waals surface area contributed by atoms with Crippen LogP contribution in [0.4, 0.5) is 8.78 Å². The van der Waals surface area contributed by atoms with E-state index < -0.39 is 5.92 Å². The first-order valence-corrected chi connectivity index (χ1v) is 14.1. The normalized spacial score (nSPS) is 14.2. The van der Waals surface area contributed by atoms with E-state index in [0.717, 1.165) is 41.5 Å². The third kappa shape index (κ3) is 6.09. The Bertz CT molecular complexity index is 1480. The van der Waals surface area contributed by atoms with Gasteiger partial charge in [-0.25, -0.2) is 13.8 Å². The van der Waals surface area contributed by atoms with Crippen LogP contribution in [-0.4, -0.2) is 51.7 Å². The predicted octanol–water partition coefficient (Wildman–Crippen LogP) is 6.61. The van der Waals surface area contributed by atoms with Gasteiger partial charge in [0.2, 0.25) is 0 Å². The first-order valence-electron chi connectivity index (χ1n) is 13.2. The number of likely N-dealkylation sites (tertiary alicyclic amines) is 1. The molecule has 1 aliphatic heterocycles. The molecule has 0 atom stereocenters. The molecule has 0 saturated carbocycles. The van der Waals surface area contributed by atoms with Crippen molar-refractivity contribution in [1.29, 1.82) is 0 Å². The largest absolute Gasteiger partial charge is 0.339 e. The van der Waals surface area contributed by atoms with Crippen molar-refractivity contribution in [2.75, 3.05) is 20.1 Å². The second kappa shape index (κ2) is 11.6. The lowest BCUT2D eigenvalue weighted by molar-refractivity contribution is 0.0175. The summed E-state index contributed by atoms with van der Waals surface area (Å²) in [5, 5.41) is 2.73. The maximum atomic E-state index is 13.7. The van der Waals surface area contributed by atoms with E-state index in [-0.39, 0.29) is 23.3 Å². The van der Waals surface area contributed by atoms with Crippen LogP contribution in [0.25, 0.3) is 11.1 Å². The van der Waals surface area contributed by atoms with E-state index in [1.54, 1.807) is 42.5 Å². The van der Waals surface area contributed by atoms with Gasteiger partial charge in [0.15, 0.2) is 0 Å². The summed E-state index contributed by atoms with van der Waals surface area (Å²) in [5.41, 5.74) is 3.32. The van der Waals surface area contributed by atoms with Crippen molar-refractivity contribution >= 4 is 23.2 Å². The van der Waals surface area contributed by atoms with E-state index in [9.17, 15) is 18.4 Å². The molecule has 0 N–H and O–H groups in total. The number of halogens is 2. The third-order valence-electron chi connectivity index (χ3n) is 7.22. The molecule has 0 aliphatic carbocycles. The molecule has 0 unspecified atom stereocenters. The number of thiazole rings is 1. The van der Waals surface area contributed by atoms with E-state index in [0.29, 0.717) is 30.9 Å². The van der Waals surface area contributed by atoms with Crippen LogP contribution in [0.2, 0.25) is 0 Å². The van der Waals surface area contributed by atoms with Gasteiger partial charge in [-0.1, -0.05) is 48.5 Å². The number of rotatable bonds is 7. The van der Waals surface area contributed by atoms with Crippen LogP contribution >= 0.6 is 11.3 Å². The summed E-state index contributed by atoms with van der Waals surface area (Å²) in [6, 6.07) is 17.2. The number of benzene rings is 2. The van der Waals surface area contributed by atoms with Crippen LogP contribution in [0.5, 0.6) is 0 Å². The second-order valence-corrected chi connectivity index (χ2v) is 11.1. The van der Waals surface area contributed by atoms with E-state index in [4.69, 9.17) is 0 Å². The Morgan fingerprint density at radius 1 is 1.05 bits per heavy atom. The van der Waals surface area contributed by atoms with Gasteiger partial charge in [-0.15, -0.1) is 11.3 Å². The summed E-state index contributed by atoms with van der Waals surface area (Å²) in [4.78, 5) is 38.7. The first-order chi connectivity index (χ1) is 19.2. The van der Waals surface area contributed by atoms with Gasteiger partial charge in [0, 0.05) is 68.4 Å². The van der Waals surface area contributed by atoms with Gasteiger partial charge in [0.25, 0.3) is 17.7 Å². The number of alkyl halides is 2. The summed E-state index contributed by atoms with van der Waals surface area (Å²) in [5.74, 6) is -2.95. The van der Waals surface area contributed by atoms with Gasteiger partial charge in [-0.2, -0.15) is 0 Å². The topological polar surface area (TPSA) is 66.4 Å². The number of amides is 2. The van der Waals surface area contributed by atoms with Crippen molar-refractivity contribution in [3.05, 3.63) is 106 Å². The van der Waals surface area contributed by atoms with Crippen LogP contribution in [0.1, 0.15) is 62.7 Å². The molecule has 1 saturated heterocycles. The minimum absolute atomic E-state index is 0.0608. The summed E-state index contributed by atoms with van der Waals surface area (Å²) < 4.78 is 27.3. The monoisotopic (exact) mass is 560 g/mol. The lowest BCUT2D eigenvalue weighted by atomic mass is 9.94. The molecule has 2 aromatic heterocycles. The summed E-state index contributed by atoms with van der Waals surface area (Å²) in [7, 11) is 1.75. The first kappa shape index (κ1) is 27.6. The fourth-order valence-corrected chi connectivity index (χ4v) is 5.93. The quantitative estimate of drug-likeness (QED) is 0.255. The van der Waals surface area contributed by atoms with Crippen molar-refractivity contribution in [1.82, 2.24) is 19.8 Å². The summed E-state index contributed by atoms with van der Waals surface area (Å²) in [6.45, 7) is 2.47. The molecule has 0 bridgehead atoms. The van der Waals surface area contributed by atoms with Gasteiger partial charge in [0.05, 0.1) is 5.01 Å². The Kier molecular flexibility index (Phi) is 8.02. The Morgan fingerprint density at radius 2 is 1.77 bits per heavy atom. The zero-order chi connectivity index (χ0) is 28.3. The number of hydrogen-bond donors (Lipinski definition) is 0. The molecule has 0 radical (unpaired) electrons. The lowest BCUT2D eigenvalue weighted by Gasteiger charge is -2.31. The average Bonchev–Trinajstić information content (AvgIpc) is 3.47. The SMILES string of the molecule is CN(Cc1cccnc1)C(=O)c1csc(C2CCN(C(=O)c3ccccc3-c3ccc(C(C)(F)F)cc3)CC2)n1. The zero-order valence-corrected chi connectivity index (χ0v) is 23.2. The molecular formula is C31H30F2N4O2S. The number of carbonyl (C=O) groups is 2. The number of hydrogen-bond acceptors (Lipinski definition) is 5. The minimum Gasteiger partial charge on any atom is -0.339 e. The number of aromatic nitrogens is 2. The molecule has 3 heterocycles. The molecule has 206 valence electrons. The van der Waals surface area contributed by atoms with Crippen molar-refractivity contribution in [3.63, 3.8) is 0 Å². The molecular weight excluding hydrogens is 530 g/mol. The highest BCUT2D eigenvalue weighted by Crippen LogP contribution is 2.33. The van der Waals surface area contributed by atoms with Crippen molar-refractivity contribution in [3.8, 4) is 11.1 Å². The number of piperidine rings is 1. The van der Waals surface area contributed by atoms with Crippen molar-refractivity contribution < 1.29 is 18.4 Å². The fourth-order valence-electron chi connectivity index (χ4n) is 4.97. The molecule has 0 spiro atoms. The number of pyridine rings is 1. The minimum atomic E-state index is -2.92. The Labute approximate surface area is 236 Å². The van der Waals surface area contributed by atoms with Crippen molar-refractivity contribution in [2.24, 2.45) is 0 Å². The van der Waals surface area contributed by atoms with Crippen molar-refractivity contribution in [2.45, 2.75) is 38.2 Å². The van der Waals surface area contributed by atoms with Gasteiger partial charge in [-0.05, 0) is 41.7 Å². The van der Waals surface area contributed by atoms with Crippen LogP contribution in [0, 0.1) is 0 Å². The van der Waals surface area contributed by atoms with E-state index >= 15 is 0 Å². The molecule has 2 aromatic carbocycles. The molecule has 9 heteroatoms. The van der Waals surface area contributed by atoms with E-state index in [2.05, 4.69) is 9.97 Å². The van der Waals surface area contributed by atoms with E-state index in [1.165, 1.54) is 23.5 Å². The highest BCUT2D eigenvalue weighted by atomic mass is 32.1. The van der Waals surface area contributed by atoms with Crippen LogP contribution in [0.3, 0.4) is 0 Å². The standard InChI is InChI=1S/C31H30F2N4O2S/c1-31(32,33)24-11-9-22(10-12-24)25-7-3-4-8-26(25)29(38)37-16-13-23(14-17-37)28-35-27(20-40-28)30(39)36(2)19-21-6-5-15-34-18-21/h3-12,15,18,20,23H,13-14,16-17,19H2,1-2H3. The lowest BCUT2D eigenvalue weighted by Crippen LogP contribution is -2.38. The molecule has 5 rings (SSSR count). The molecule has 6 nitrogen and oxygen atoms in total. The molecule has 1 aliphatic rings. The molecule has 4 aromatic rings. The number of carbonyl (C=O) groups excluding carboxylic acids is 2.